The van der Waals surface area contributed by atoms with E-state index in [9.17, 15) is 0 Å². The van der Waals surface area contributed by atoms with Crippen LogP contribution in [0.3, 0.4) is 0 Å². The Labute approximate surface area is 142 Å². The van der Waals surface area contributed by atoms with Gasteiger partial charge in [-0.25, -0.2) is 0 Å². The molecule has 3 nitrogen and oxygen atoms in total. The van der Waals surface area contributed by atoms with Gasteiger partial charge < -0.3 is 9.64 Å². The summed E-state index contributed by atoms with van der Waals surface area (Å²) in [5.41, 5.74) is 2.30. The maximum Gasteiger partial charge on any atom is 0.138 e. The summed E-state index contributed by atoms with van der Waals surface area (Å²) < 4.78 is 6.03. The number of pyridine rings is 1. The molecule has 0 bridgehead atoms. The number of hydrogen-bond acceptors (Lipinski definition) is 3. The number of rotatable bonds is 4. The second kappa shape index (κ2) is 6.62. The molecule has 0 N–H and O–H groups in total. The Kier molecular flexibility index (Phi) is 4.18. The minimum Gasteiger partial charge on any atom is -0.490 e. The van der Waals surface area contributed by atoms with E-state index in [0.717, 1.165) is 17.9 Å². The van der Waals surface area contributed by atoms with Gasteiger partial charge in [0, 0.05) is 17.8 Å². The van der Waals surface area contributed by atoms with Crippen molar-refractivity contribution in [2.75, 3.05) is 20.2 Å². The molecule has 2 heterocycles. The Bertz CT molecular complexity index is 841. The smallest absolute Gasteiger partial charge is 0.138 e. The summed E-state index contributed by atoms with van der Waals surface area (Å²) in [6.07, 6.45) is 6.20. The van der Waals surface area contributed by atoms with Crippen LogP contribution in [0.15, 0.2) is 60.9 Å². The Morgan fingerprint density at radius 3 is 2.88 bits per heavy atom. The van der Waals surface area contributed by atoms with Crippen LogP contribution in [-0.2, 0) is 0 Å². The molecule has 24 heavy (non-hydrogen) atoms. The zero-order valence-electron chi connectivity index (χ0n) is 14.0. The highest BCUT2D eigenvalue weighted by molar-refractivity contribution is 5.96. The summed E-state index contributed by atoms with van der Waals surface area (Å²) in [5.74, 6) is 0.848. The highest BCUT2D eigenvalue weighted by Crippen LogP contribution is 2.30. The zero-order chi connectivity index (χ0) is 16.4. The maximum absolute atomic E-state index is 6.03. The molecule has 1 aromatic heterocycles. The molecular formula is C21H22N2O. The highest BCUT2D eigenvalue weighted by Gasteiger charge is 2.21. The maximum atomic E-state index is 6.03. The van der Waals surface area contributed by atoms with Gasteiger partial charge >= 0.3 is 0 Å². The van der Waals surface area contributed by atoms with E-state index in [4.69, 9.17) is 4.74 Å². The third-order valence-corrected chi connectivity index (χ3v) is 4.93. The van der Waals surface area contributed by atoms with Gasteiger partial charge in [-0.1, -0.05) is 42.5 Å². The van der Waals surface area contributed by atoms with Gasteiger partial charge in [-0.15, -0.1) is 0 Å². The van der Waals surface area contributed by atoms with E-state index in [1.165, 1.54) is 35.7 Å². The molecule has 1 saturated heterocycles. The van der Waals surface area contributed by atoms with Crippen molar-refractivity contribution < 1.29 is 4.74 Å². The fraction of sp³-hybridized carbons (Fsp3) is 0.286. The molecule has 0 unspecified atom stereocenters. The lowest BCUT2D eigenvalue weighted by Gasteiger charge is -2.19. The molecule has 2 aromatic carbocycles. The number of likely N-dealkylation sites (N-methyl/N-ethyl adjacent to an activating group) is 1. The number of ether oxygens (including phenoxy) is 1. The molecule has 3 aromatic rings. The van der Waals surface area contributed by atoms with Crippen LogP contribution in [0.2, 0.25) is 0 Å². The molecule has 0 amide bonds. The van der Waals surface area contributed by atoms with Crippen LogP contribution in [-0.4, -0.2) is 36.1 Å². The normalized spacial score (nSPS) is 18.1. The van der Waals surface area contributed by atoms with Crippen molar-refractivity contribution in [2.24, 2.45) is 0 Å². The van der Waals surface area contributed by atoms with E-state index in [1.807, 2.05) is 12.4 Å². The van der Waals surface area contributed by atoms with Crippen LogP contribution in [0, 0.1) is 0 Å². The molecule has 4 rings (SSSR count). The summed E-state index contributed by atoms with van der Waals surface area (Å²) in [4.78, 5) is 6.77. The molecule has 1 atom stereocenters. The Hall–Kier alpha value is -2.39. The van der Waals surface area contributed by atoms with Crippen LogP contribution in [0.5, 0.6) is 5.75 Å². The first-order chi connectivity index (χ1) is 11.8. The molecule has 1 aliphatic rings. The topological polar surface area (TPSA) is 25.4 Å². The molecule has 1 fully saturated rings. The quantitative estimate of drug-likeness (QED) is 0.714. The Morgan fingerprint density at radius 1 is 1.12 bits per heavy atom. The van der Waals surface area contributed by atoms with Crippen molar-refractivity contribution in [3.05, 3.63) is 60.9 Å². The van der Waals surface area contributed by atoms with Gasteiger partial charge in [0.1, 0.15) is 12.4 Å². The Balaban J connectivity index is 1.60. The minimum atomic E-state index is 0.520. The Morgan fingerprint density at radius 2 is 2.00 bits per heavy atom. The molecule has 0 radical (unpaired) electrons. The molecule has 122 valence electrons. The number of benzene rings is 2. The van der Waals surface area contributed by atoms with Crippen molar-refractivity contribution >= 4 is 10.8 Å². The van der Waals surface area contributed by atoms with E-state index >= 15 is 0 Å². The number of hydrogen-bond donors (Lipinski definition) is 0. The number of nitrogens with zero attached hydrogens (tertiary/aromatic N) is 2. The average molecular weight is 318 g/mol. The second-order valence-electron chi connectivity index (χ2n) is 6.52. The predicted molar refractivity (Wildman–Crippen MR) is 98.3 cm³/mol. The van der Waals surface area contributed by atoms with Crippen LogP contribution in [0.25, 0.3) is 21.9 Å². The molecular weight excluding hydrogens is 296 g/mol. The summed E-state index contributed by atoms with van der Waals surface area (Å²) in [5, 5.41) is 2.49. The van der Waals surface area contributed by atoms with Crippen LogP contribution < -0.4 is 4.74 Å². The van der Waals surface area contributed by atoms with Gasteiger partial charge in [0.15, 0.2) is 0 Å². The lowest BCUT2D eigenvalue weighted by atomic mass is 9.99. The first-order valence-corrected chi connectivity index (χ1v) is 8.57. The van der Waals surface area contributed by atoms with Crippen molar-refractivity contribution in [3.8, 4) is 16.9 Å². The first-order valence-electron chi connectivity index (χ1n) is 8.57. The average Bonchev–Trinajstić information content (AvgIpc) is 3.05. The largest absolute Gasteiger partial charge is 0.490 e. The van der Waals surface area contributed by atoms with E-state index in [1.54, 1.807) is 0 Å². The molecule has 3 heteroatoms. The summed E-state index contributed by atoms with van der Waals surface area (Å²) in [6.45, 7) is 1.90. The van der Waals surface area contributed by atoms with Gasteiger partial charge in [-0.05, 0) is 48.8 Å². The molecule has 0 saturated carbocycles. The van der Waals surface area contributed by atoms with Crippen LogP contribution in [0.4, 0.5) is 0 Å². The number of aromatic nitrogens is 1. The summed E-state index contributed by atoms with van der Waals surface area (Å²) >= 11 is 0. The van der Waals surface area contributed by atoms with E-state index in [0.29, 0.717) is 6.04 Å². The van der Waals surface area contributed by atoms with Gasteiger partial charge in [-0.2, -0.15) is 0 Å². The standard InChI is InChI=1S/C21H22N2O/c1-23-11-5-8-18(23)15-24-19-12-17(13-22-14-19)21-10-4-7-16-6-2-3-9-20(16)21/h2-4,6-7,9-10,12-14,18H,5,8,11,15H2,1H3/t18-/m0/s1. The van der Waals surface area contributed by atoms with Crippen LogP contribution in [0.1, 0.15) is 12.8 Å². The monoisotopic (exact) mass is 318 g/mol. The van der Waals surface area contributed by atoms with Gasteiger partial charge in [-0.3, -0.25) is 4.98 Å². The number of likely N-dealkylation sites (tertiary alicyclic amines) is 1. The highest BCUT2D eigenvalue weighted by atomic mass is 16.5. The lowest BCUT2D eigenvalue weighted by Crippen LogP contribution is -2.30. The third kappa shape index (κ3) is 3.00. The SMILES string of the molecule is CN1CCC[C@H]1COc1cncc(-c2cccc3ccccc23)c1. The van der Waals surface area contributed by atoms with Crippen molar-refractivity contribution in [1.29, 1.82) is 0 Å². The van der Waals surface area contributed by atoms with Gasteiger partial charge in [0.2, 0.25) is 0 Å². The fourth-order valence-electron chi connectivity index (χ4n) is 3.50. The van der Waals surface area contributed by atoms with Gasteiger partial charge in [0.05, 0.1) is 6.20 Å². The van der Waals surface area contributed by atoms with Gasteiger partial charge in [0.25, 0.3) is 0 Å². The van der Waals surface area contributed by atoms with E-state index < -0.39 is 0 Å². The minimum absolute atomic E-state index is 0.520. The van der Waals surface area contributed by atoms with Crippen molar-refractivity contribution in [1.82, 2.24) is 9.88 Å². The number of fused-ring (bicyclic) bond motifs is 1. The lowest BCUT2D eigenvalue weighted by molar-refractivity contribution is 0.198. The summed E-state index contributed by atoms with van der Waals surface area (Å²) in [7, 11) is 2.17. The summed E-state index contributed by atoms with van der Waals surface area (Å²) in [6, 6.07) is 17.5. The van der Waals surface area contributed by atoms with Crippen LogP contribution >= 0.6 is 0 Å². The van der Waals surface area contributed by atoms with E-state index in [-0.39, 0.29) is 0 Å². The predicted octanol–water partition coefficient (Wildman–Crippen LogP) is 4.37. The first kappa shape index (κ1) is 15.2. The zero-order valence-corrected chi connectivity index (χ0v) is 14.0. The molecule has 0 aliphatic carbocycles. The third-order valence-electron chi connectivity index (χ3n) is 4.93. The second-order valence-corrected chi connectivity index (χ2v) is 6.52. The molecule has 0 spiro atoms. The van der Waals surface area contributed by atoms with E-state index in [2.05, 4.69) is 65.5 Å². The fourth-order valence-corrected chi connectivity index (χ4v) is 3.50. The molecule has 1 aliphatic heterocycles. The van der Waals surface area contributed by atoms with Crippen molar-refractivity contribution in [3.63, 3.8) is 0 Å². The van der Waals surface area contributed by atoms with Crippen molar-refractivity contribution in [2.45, 2.75) is 18.9 Å².